The number of hydrogen-bond acceptors (Lipinski definition) is 5. The number of para-hydroxylation sites is 3. The molecule has 1 aromatic heterocycles. The molecule has 0 spiro atoms. The van der Waals surface area contributed by atoms with E-state index in [-0.39, 0.29) is 0 Å². The lowest BCUT2D eigenvalue weighted by atomic mass is 10.2. The predicted molar refractivity (Wildman–Crippen MR) is 106 cm³/mol. The zero-order chi connectivity index (χ0) is 18.2. The molecule has 2 N–H and O–H groups in total. The maximum Gasteiger partial charge on any atom is 0.224 e. The Morgan fingerprint density at radius 1 is 0.962 bits per heavy atom. The molecule has 26 heavy (non-hydrogen) atoms. The van der Waals surface area contributed by atoms with E-state index in [0.29, 0.717) is 5.95 Å². The van der Waals surface area contributed by atoms with Crippen molar-refractivity contribution in [1.29, 1.82) is 0 Å². The standard InChI is InChI=1S/C21H24N4O/c1-3-4-14-22-21-23-16(2)15-20(25-21)24-18-12-8-9-13-19(18)26-17-10-6-5-7-11-17/h5-13,15H,3-4,14H2,1-2H3,(H2,22,23,24,25). The van der Waals surface area contributed by atoms with E-state index in [0.717, 1.165) is 48.1 Å². The summed E-state index contributed by atoms with van der Waals surface area (Å²) in [5, 5.41) is 6.62. The van der Waals surface area contributed by atoms with E-state index in [1.54, 1.807) is 0 Å². The van der Waals surface area contributed by atoms with Crippen LogP contribution in [0.2, 0.25) is 0 Å². The highest BCUT2D eigenvalue weighted by atomic mass is 16.5. The first-order valence-electron chi connectivity index (χ1n) is 8.93. The number of nitrogens with one attached hydrogen (secondary N) is 2. The summed E-state index contributed by atoms with van der Waals surface area (Å²) in [5.74, 6) is 2.92. The molecule has 2 aromatic carbocycles. The molecule has 0 amide bonds. The second-order valence-electron chi connectivity index (χ2n) is 6.03. The molecule has 5 heteroatoms. The minimum Gasteiger partial charge on any atom is -0.455 e. The number of unbranched alkanes of at least 4 members (excludes halogenated alkanes) is 1. The number of nitrogens with zero attached hydrogens (tertiary/aromatic N) is 2. The van der Waals surface area contributed by atoms with E-state index in [4.69, 9.17) is 4.74 Å². The number of ether oxygens (including phenoxy) is 1. The zero-order valence-corrected chi connectivity index (χ0v) is 15.2. The Kier molecular flexibility index (Phi) is 6.04. The van der Waals surface area contributed by atoms with E-state index in [1.165, 1.54) is 0 Å². The quantitative estimate of drug-likeness (QED) is 0.524. The predicted octanol–water partition coefficient (Wildman–Crippen LogP) is 5.53. The van der Waals surface area contributed by atoms with Gasteiger partial charge >= 0.3 is 0 Å². The van der Waals surface area contributed by atoms with E-state index in [9.17, 15) is 0 Å². The molecule has 0 atom stereocenters. The van der Waals surface area contributed by atoms with Crippen LogP contribution in [0.15, 0.2) is 60.7 Å². The van der Waals surface area contributed by atoms with Gasteiger partial charge in [-0.05, 0) is 37.6 Å². The Balaban J connectivity index is 1.78. The molecule has 0 aliphatic rings. The van der Waals surface area contributed by atoms with Gasteiger partial charge in [0.25, 0.3) is 0 Å². The Bertz CT molecular complexity index is 836. The first-order chi connectivity index (χ1) is 12.7. The third-order valence-electron chi connectivity index (χ3n) is 3.79. The van der Waals surface area contributed by atoms with Crippen molar-refractivity contribution in [2.75, 3.05) is 17.2 Å². The van der Waals surface area contributed by atoms with E-state index in [1.807, 2.05) is 67.6 Å². The van der Waals surface area contributed by atoms with Crippen molar-refractivity contribution in [3.63, 3.8) is 0 Å². The molecule has 0 aliphatic heterocycles. The van der Waals surface area contributed by atoms with Gasteiger partial charge in [0.2, 0.25) is 5.95 Å². The Morgan fingerprint density at radius 3 is 2.54 bits per heavy atom. The molecule has 5 nitrogen and oxygen atoms in total. The minimum absolute atomic E-state index is 0.641. The van der Waals surface area contributed by atoms with Crippen LogP contribution in [0, 0.1) is 6.92 Å². The second kappa shape index (κ2) is 8.85. The maximum atomic E-state index is 6.00. The van der Waals surface area contributed by atoms with Gasteiger partial charge < -0.3 is 15.4 Å². The van der Waals surface area contributed by atoms with Gasteiger partial charge in [-0.25, -0.2) is 4.98 Å². The molecule has 0 bridgehead atoms. The fourth-order valence-electron chi connectivity index (χ4n) is 2.50. The summed E-state index contributed by atoms with van der Waals surface area (Å²) in [6.45, 7) is 4.99. The van der Waals surface area contributed by atoms with Crippen LogP contribution in [0.1, 0.15) is 25.5 Å². The molecule has 0 saturated carbocycles. The summed E-state index contributed by atoms with van der Waals surface area (Å²) in [6.07, 6.45) is 2.22. The SMILES string of the molecule is CCCCNc1nc(C)cc(Nc2ccccc2Oc2ccccc2)n1. The summed E-state index contributed by atoms with van der Waals surface area (Å²) in [7, 11) is 0. The molecule has 0 aliphatic carbocycles. The first-order valence-corrected chi connectivity index (χ1v) is 8.93. The number of aromatic nitrogens is 2. The molecule has 3 rings (SSSR count). The van der Waals surface area contributed by atoms with Crippen LogP contribution in [0.25, 0.3) is 0 Å². The van der Waals surface area contributed by atoms with Crippen molar-refractivity contribution >= 4 is 17.5 Å². The summed E-state index contributed by atoms with van der Waals surface area (Å²) in [6, 6.07) is 19.5. The molecular weight excluding hydrogens is 324 g/mol. The molecular formula is C21H24N4O. The third kappa shape index (κ3) is 4.96. The summed E-state index contributed by atoms with van der Waals surface area (Å²) in [4.78, 5) is 9.00. The molecule has 0 radical (unpaired) electrons. The molecule has 134 valence electrons. The summed E-state index contributed by atoms with van der Waals surface area (Å²) < 4.78 is 6.00. The van der Waals surface area contributed by atoms with Crippen LogP contribution < -0.4 is 15.4 Å². The normalized spacial score (nSPS) is 10.4. The van der Waals surface area contributed by atoms with Crippen LogP contribution in [-0.4, -0.2) is 16.5 Å². The third-order valence-corrected chi connectivity index (χ3v) is 3.79. The topological polar surface area (TPSA) is 59.1 Å². The fourth-order valence-corrected chi connectivity index (χ4v) is 2.50. The molecule has 3 aromatic rings. The molecule has 1 heterocycles. The number of benzene rings is 2. The highest BCUT2D eigenvalue weighted by Gasteiger charge is 2.07. The van der Waals surface area contributed by atoms with Crippen LogP contribution in [-0.2, 0) is 0 Å². The summed E-state index contributed by atoms with van der Waals surface area (Å²) in [5.41, 5.74) is 1.76. The zero-order valence-electron chi connectivity index (χ0n) is 15.2. The number of aryl methyl sites for hydroxylation is 1. The van der Waals surface area contributed by atoms with Crippen molar-refractivity contribution in [2.45, 2.75) is 26.7 Å². The fraction of sp³-hybridized carbons (Fsp3) is 0.238. The lowest BCUT2D eigenvalue weighted by Crippen LogP contribution is -2.07. The van der Waals surface area contributed by atoms with Gasteiger partial charge in [-0.1, -0.05) is 43.7 Å². The Hall–Kier alpha value is -3.08. The lowest BCUT2D eigenvalue weighted by molar-refractivity contribution is 0.485. The van der Waals surface area contributed by atoms with Crippen LogP contribution in [0.3, 0.4) is 0 Å². The highest BCUT2D eigenvalue weighted by molar-refractivity contribution is 5.65. The van der Waals surface area contributed by atoms with E-state index in [2.05, 4.69) is 27.5 Å². The smallest absolute Gasteiger partial charge is 0.224 e. The van der Waals surface area contributed by atoms with Gasteiger partial charge in [0.05, 0.1) is 5.69 Å². The van der Waals surface area contributed by atoms with Gasteiger partial charge in [0.15, 0.2) is 5.75 Å². The number of rotatable bonds is 8. The maximum absolute atomic E-state index is 6.00. The van der Waals surface area contributed by atoms with Gasteiger partial charge in [0, 0.05) is 18.3 Å². The lowest BCUT2D eigenvalue weighted by Gasteiger charge is -2.14. The van der Waals surface area contributed by atoms with Crippen LogP contribution in [0.5, 0.6) is 11.5 Å². The largest absolute Gasteiger partial charge is 0.455 e. The Morgan fingerprint density at radius 2 is 1.73 bits per heavy atom. The van der Waals surface area contributed by atoms with Gasteiger partial charge in [-0.15, -0.1) is 0 Å². The number of anilines is 3. The van der Waals surface area contributed by atoms with Crippen molar-refractivity contribution < 1.29 is 4.74 Å². The van der Waals surface area contributed by atoms with Crippen LogP contribution >= 0.6 is 0 Å². The van der Waals surface area contributed by atoms with Crippen molar-refractivity contribution in [3.8, 4) is 11.5 Å². The van der Waals surface area contributed by atoms with Crippen LogP contribution in [0.4, 0.5) is 17.5 Å². The minimum atomic E-state index is 0.641. The van der Waals surface area contributed by atoms with E-state index >= 15 is 0 Å². The molecule has 0 fully saturated rings. The Labute approximate surface area is 154 Å². The van der Waals surface area contributed by atoms with Gasteiger partial charge in [-0.3, -0.25) is 0 Å². The average molecular weight is 348 g/mol. The van der Waals surface area contributed by atoms with Crippen molar-refractivity contribution in [3.05, 3.63) is 66.4 Å². The average Bonchev–Trinajstić information content (AvgIpc) is 2.64. The van der Waals surface area contributed by atoms with Gasteiger partial charge in [0.1, 0.15) is 11.6 Å². The monoisotopic (exact) mass is 348 g/mol. The van der Waals surface area contributed by atoms with Gasteiger partial charge in [-0.2, -0.15) is 4.98 Å². The number of hydrogen-bond donors (Lipinski definition) is 2. The van der Waals surface area contributed by atoms with Crippen molar-refractivity contribution in [1.82, 2.24) is 9.97 Å². The highest BCUT2D eigenvalue weighted by Crippen LogP contribution is 2.31. The van der Waals surface area contributed by atoms with E-state index < -0.39 is 0 Å². The molecule has 0 saturated heterocycles. The molecule has 0 unspecified atom stereocenters. The summed E-state index contributed by atoms with van der Waals surface area (Å²) >= 11 is 0. The first kappa shape index (κ1) is 17.7. The second-order valence-corrected chi connectivity index (χ2v) is 6.03. The van der Waals surface area contributed by atoms with Crippen molar-refractivity contribution in [2.24, 2.45) is 0 Å².